The molecule has 1 atom stereocenters. The number of hydrogen-bond acceptors (Lipinski definition) is 5. The van der Waals surface area contributed by atoms with Gasteiger partial charge in [-0.3, -0.25) is 4.79 Å². The number of benzene rings is 2. The van der Waals surface area contributed by atoms with Gasteiger partial charge in [-0.05, 0) is 60.7 Å². The molecule has 2 aromatic carbocycles. The smallest absolute Gasteiger partial charge is 0.258 e. The number of carbonyl (C=O) groups is 1. The molecule has 0 N–H and O–H groups in total. The Morgan fingerprint density at radius 3 is 2.83 bits per heavy atom. The van der Waals surface area contributed by atoms with Crippen molar-refractivity contribution in [3.8, 4) is 11.5 Å². The van der Waals surface area contributed by atoms with Crippen LogP contribution in [0.5, 0.6) is 0 Å². The van der Waals surface area contributed by atoms with Gasteiger partial charge in [-0.1, -0.05) is 17.3 Å². The zero-order valence-corrected chi connectivity index (χ0v) is 16.8. The molecule has 6 nitrogen and oxygen atoms in total. The van der Waals surface area contributed by atoms with E-state index in [1.54, 1.807) is 0 Å². The standard InChI is InChI=1S/C23H24N4O2/c1-26(2)19-8-4-7-17(12-19)23-24-22(25-29-23)18-13-21(28)27(14-18)20-10-9-15-5-3-6-16(15)11-20/h4,7-12,18H,3,5-6,13-14H2,1-2H3. The number of aromatic nitrogens is 2. The van der Waals surface area contributed by atoms with E-state index in [2.05, 4.69) is 28.3 Å². The van der Waals surface area contributed by atoms with Gasteiger partial charge in [-0.25, -0.2) is 0 Å². The summed E-state index contributed by atoms with van der Waals surface area (Å²) in [5.74, 6) is 1.17. The van der Waals surface area contributed by atoms with Crippen LogP contribution < -0.4 is 9.80 Å². The van der Waals surface area contributed by atoms with Crippen LogP contribution in [0.3, 0.4) is 0 Å². The van der Waals surface area contributed by atoms with Crippen LogP contribution >= 0.6 is 0 Å². The Kier molecular flexibility index (Phi) is 4.34. The molecule has 1 aliphatic heterocycles. The van der Waals surface area contributed by atoms with Crippen molar-refractivity contribution in [2.24, 2.45) is 0 Å². The van der Waals surface area contributed by atoms with Gasteiger partial charge in [0.1, 0.15) is 0 Å². The first-order valence-electron chi connectivity index (χ1n) is 10.1. The topological polar surface area (TPSA) is 62.5 Å². The van der Waals surface area contributed by atoms with E-state index in [9.17, 15) is 4.79 Å². The Hall–Kier alpha value is -3.15. The van der Waals surface area contributed by atoms with Crippen LogP contribution in [0.2, 0.25) is 0 Å². The molecule has 1 aliphatic carbocycles. The molecule has 0 spiro atoms. The molecule has 1 amide bonds. The maximum absolute atomic E-state index is 12.7. The zero-order chi connectivity index (χ0) is 20.0. The minimum Gasteiger partial charge on any atom is -0.378 e. The van der Waals surface area contributed by atoms with Gasteiger partial charge in [0.25, 0.3) is 5.89 Å². The van der Waals surface area contributed by atoms with E-state index in [1.165, 1.54) is 17.5 Å². The molecule has 1 saturated heterocycles. The number of aryl methyl sites for hydroxylation is 2. The molecule has 0 radical (unpaired) electrons. The number of fused-ring (bicyclic) bond motifs is 1. The van der Waals surface area contributed by atoms with Crippen molar-refractivity contribution in [2.45, 2.75) is 31.6 Å². The highest BCUT2D eigenvalue weighted by Gasteiger charge is 2.35. The van der Waals surface area contributed by atoms with E-state index >= 15 is 0 Å². The van der Waals surface area contributed by atoms with Gasteiger partial charge < -0.3 is 14.3 Å². The monoisotopic (exact) mass is 388 g/mol. The van der Waals surface area contributed by atoms with Crippen LogP contribution in [-0.4, -0.2) is 36.7 Å². The minimum absolute atomic E-state index is 0.0507. The van der Waals surface area contributed by atoms with Gasteiger partial charge in [-0.15, -0.1) is 0 Å². The van der Waals surface area contributed by atoms with E-state index in [-0.39, 0.29) is 11.8 Å². The van der Waals surface area contributed by atoms with Gasteiger partial charge in [0, 0.05) is 49.9 Å². The first-order chi connectivity index (χ1) is 14.1. The Balaban J connectivity index is 1.36. The van der Waals surface area contributed by atoms with Gasteiger partial charge in [0.05, 0.1) is 0 Å². The summed E-state index contributed by atoms with van der Waals surface area (Å²) in [6, 6.07) is 14.4. The first-order valence-corrected chi connectivity index (χ1v) is 10.1. The minimum atomic E-state index is -0.0507. The third kappa shape index (κ3) is 3.28. The lowest BCUT2D eigenvalue weighted by molar-refractivity contribution is -0.117. The van der Waals surface area contributed by atoms with Crippen molar-refractivity contribution in [3.63, 3.8) is 0 Å². The summed E-state index contributed by atoms with van der Waals surface area (Å²) in [6.45, 7) is 0.592. The molecule has 0 bridgehead atoms. The van der Waals surface area contributed by atoms with Crippen molar-refractivity contribution in [2.75, 3.05) is 30.4 Å². The highest BCUT2D eigenvalue weighted by molar-refractivity contribution is 5.96. The summed E-state index contributed by atoms with van der Waals surface area (Å²) in [5.41, 5.74) is 5.73. The molecular formula is C23H24N4O2. The van der Waals surface area contributed by atoms with Crippen LogP contribution in [0, 0.1) is 0 Å². The van der Waals surface area contributed by atoms with Crippen LogP contribution in [-0.2, 0) is 17.6 Å². The SMILES string of the molecule is CN(C)c1cccc(-c2nc(C3CC(=O)N(c4ccc5c(c4)CCC5)C3)no2)c1. The van der Waals surface area contributed by atoms with Crippen molar-refractivity contribution in [1.29, 1.82) is 0 Å². The molecule has 6 heteroatoms. The summed E-state index contributed by atoms with van der Waals surface area (Å²) in [7, 11) is 3.99. The molecule has 2 aliphatic rings. The molecule has 3 aromatic rings. The first kappa shape index (κ1) is 17.9. The van der Waals surface area contributed by atoms with Crippen LogP contribution in [0.15, 0.2) is 47.0 Å². The average molecular weight is 388 g/mol. The fraction of sp³-hybridized carbons (Fsp3) is 0.348. The molecule has 1 aromatic heterocycles. The second-order valence-corrected chi connectivity index (χ2v) is 8.11. The molecule has 0 saturated carbocycles. The van der Waals surface area contributed by atoms with Gasteiger partial charge in [0.15, 0.2) is 5.82 Å². The van der Waals surface area contributed by atoms with Crippen molar-refractivity contribution >= 4 is 17.3 Å². The predicted molar refractivity (Wildman–Crippen MR) is 112 cm³/mol. The van der Waals surface area contributed by atoms with Gasteiger partial charge in [0.2, 0.25) is 5.91 Å². The molecule has 148 valence electrons. The van der Waals surface area contributed by atoms with Gasteiger partial charge >= 0.3 is 0 Å². The van der Waals surface area contributed by atoms with Crippen molar-refractivity contribution in [1.82, 2.24) is 10.1 Å². The highest BCUT2D eigenvalue weighted by Crippen LogP contribution is 2.34. The molecule has 1 unspecified atom stereocenters. The Bertz CT molecular complexity index is 1070. The van der Waals surface area contributed by atoms with Crippen molar-refractivity contribution < 1.29 is 9.32 Å². The fourth-order valence-corrected chi connectivity index (χ4v) is 4.29. The van der Waals surface area contributed by atoms with Crippen molar-refractivity contribution in [3.05, 3.63) is 59.4 Å². The summed E-state index contributed by atoms with van der Waals surface area (Å²) >= 11 is 0. The number of rotatable bonds is 4. The Morgan fingerprint density at radius 1 is 1.10 bits per heavy atom. The Labute approximate surface area is 170 Å². The van der Waals surface area contributed by atoms with E-state index in [1.807, 2.05) is 48.2 Å². The zero-order valence-electron chi connectivity index (χ0n) is 16.8. The predicted octanol–water partition coefficient (Wildman–Crippen LogP) is 3.81. The number of hydrogen-bond donors (Lipinski definition) is 0. The van der Waals surface area contributed by atoms with E-state index in [0.717, 1.165) is 29.8 Å². The van der Waals surface area contributed by atoms with E-state index in [0.29, 0.717) is 24.7 Å². The lowest BCUT2D eigenvalue weighted by Crippen LogP contribution is -2.24. The van der Waals surface area contributed by atoms with Crippen LogP contribution in [0.1, 0.15) is 35.7 Å². The molecular weight excluding hydrogens is 364 g/mol. The summed E-state index contributed by atoms with van der Waals surface area (Å²) in [4.78, 5) is 21.2. The van der Waals surface area contributed by atoms with Crippen LogP contribution in [0.4, 0.5) is 11.4 Å². The van der Waals surface area contributed by atoms with E-state index in [4.69, 9.17) is 4.52 Å². The third-order valence-corrected chi connectivity index (χ3v) is 5.94. The summed E-state index contributed by atoms with van der Waals surface area (Å²) in [5, 5.41) is 4.19. The Morgan fingerprint density at radius 2 is 1.97 bits per heavy atom. The normalized spacial score (nSPS) is 18.3. The maximum Gasteiger partial charge on any atom is 0.258 e. The second-order valence-electron chi connectivity index (χ2n) is 8.11. The average Bonchev–Trinajstić information content (AvgIpc) is 3.46. The molecule has 2 heterocycles. The maximum atomic E-state index is 12.7. The third-order valence-electron chi connectivity index (χ3n) is 5.94. The lowest BCUT2D eigenvalue weighted by atomic mass is 10.1. The second kappa shape index (κ2) is 7.03. The quantitative estimate of drug-likeness (QED) is 0.680. The molecule has 29 heavy (non-hydrogen) atoms. The highest BCUT2D eigenvalue weighted by atomic mass is 16.5. The largest absolute Gasteiger partial charge is 0.378 e. The molecule has 5 rings (SSSR count). The lowest BCUT2D eigenvalue weighted by Gasteiger charge is -2.17. The van der Waals surface area contributed by atoms with Crippen LogP contribution in [0.25, 0.3) is 11.5 Å². The number of carbonyl (C=O) groups excluding carboxylic acids is 1. The summed E-state index contributed by atoms with van der Waals surface area (Å²) < 4.78 is 5.53. The number of nitrogens with zero attached hydrogens (tertiary/aromatic N) is 4. The molecule has 1 fully saturated rings. The summed E-state index contributed by atoms with van der Waals surface area (Å²) in [6.07, 6.45) is 3.87. The van der Waals surface area contributed by atoms with E-state index < -0.39 is 0 Å². The van der Waals surface area contributed by atoms with Gasteiger partial charge in [-0.2, -0.15) is 4.98 Å². The number of amides is 1. The number of anilines is 2. The fourth-order valence-electron chi connectivity index (χ4n) is 4.29.